The predicted molar refractivity (Wildman–Crippen MR) is 102 cm³/mol. The van der Waals surface area contributed by atoms with Crippen molar-refractivity contribution in [2.45, 2.75) is 13.3 Å². The number of carbonyl (C=O) groups is 1. The van der Waals surface area contributed by atoms with Crippen molar-refractivity contribution >= 4 is 17.5 Å². The van der Waals surface area contributed by atoms with E-state index < -0.39 is 0 Å². The van der Waals surface area contributed by atoms with E-state index in [0.29, 0.717) is 24.6 Å². The van der Waals surface area contributed by atoms with Crippen LogP contribution in [0.2, 0.25) is 0 Å². The molecule has 2 aromatic rings. The number of anilines is 2. The van der Waals surface area contributed by atoms with Crippen molar-refractivity contribution in [1.82, 2.24) is 14.9 Å². The maximum atomic E-state index is 12.7. The van der Waals surface area contributed by atoms with E-state index in [4.69, 9.17) is 4.74 Å². The molecule has 1 amide bonds. The van der Waals surface area contributed by atoms with E-state index in [9.17, 15) is 4.79 Å². The highest BCUT2D eigenvalue weighted by Gasteiger charge is 2.24. The van der Waals surface area contributed by atoms with Gasteiger partial charge in [0.05, 0.1) is 18.4 Å². The van der Waals surface area contributed by atoms with Crippen molar-refractivity contribution in [3.05, 3.63) is 42.2 Å². The number of benzene rings is 1. The van der Waals surface area contributed by atoms with Crippen LogP contribution in [0.15, 0.2) is 36.7 Å². The summed E-state index contributed by atoms with van der Waals surface area (Å²) >= 11 is 0. The van der Waals surface area contributed by atoms with E-state index in [1.807, 2.05) is 29.2 Å². The first kappa shape index (κ1) is 18.0. The topological polar surface area (TPSA) is 70.6 Å². The molecule has 1 fully saturated rings. The van der Waals surface area contributed by atoms with Gasteiger partial charge >= 0.3 is 0 Å². The van der Waals surface area contributed by atoms with Gasteiger partial charge in [0.2, 0.25) is 5.95 Å². The zero-order valence-electron chi connectivity index (χ0n) is 15.3. The van der Waals surface area contributed by atoms with Crippen LogP contribution in [0.4, 0.5) is 11.6 Å². The van der Waals surface area contributed by atoms with E-state index in [1.165, 1.54) is 0 Å². The molecule has 1 saturated heterocycles. The average molecular weight is 355 g/mol. The smallest absolute Gasteiger partial charge is 0.257 e. The first-order valence-corrected chi connectivity index (χ1v) is 8.96. The molecular formula is C19H25N5O2. The first-order valence-electron chi connectivity index (χ1n) is 8.96. The van der Waals surface area contributed by atoms with Crippen molar-refractivity contribution < 1.29 is 9.53 Å². The van der Waals surface area contributed by atoms with Gasteiger partial charge in [-0.15, -0.1) is 0 Å². The highest BCUT2D eigenvalue weighted by molar-refractivity contribution is 5.93. The van der Waals surface area contributed by atoms with Gasteiger partial charge in [0.25, 0.3) is 5.91 Å². The van der Waals surface area contributed by atoms with E-state index in [-0.39, 0.29) is 5.91 Å². The zero-order valence-corrected chi connectivity index (χ0v) is 15.3. The number of methoxy groups -OCH3 is 1. The highest BCUT2D eigenvalue weighted by Crippen LogP contribution is 2.28. The minimum atomic E-state index is -0.0216. The molecule has 1 aromatic heterocycles. The molecule has 3 rings (SSSR count). The number of para-hydroxylation sites is 2. The van der Waals surface area contributed by atoms with Crippen LogP contribution in [0.3, 0.4) is 0 Å². The molecule has 1 aliphatic rings. The van der Waals surface area contributed by atoms with Crippen molar-refractivity contribution in [3.8, 4) is 5.75 Å². The molecule has 0 saturated carbocycles. The van der Waals surface area contributed by atoms with E-state index >= 15 is 0 Å². The van der Waals surface area contributed by atoms with Crippen molar-refractivity contribution in [3.63, 3.8) is 0 Å². The normalized spacial score (nSPS) is 14.2. The number of hydrogen-bond donors (Lipinski definition) is 1. The standard InChI is InChI=1S/C19H25N5O2/c1-3-8-20-19-21-13-15(14-22-19)18(25)24-11-9-23(10-12-24)16-6-4-5-7-17(16)26-2/h4-7,13-14H,3,8-12H2,1-2H3,(H,20,21,22). The van der Waals surface area contributed by atoms with Gasteiger partial charge in [-0.3, -0.25) is 4.79 Å². The molecule has 0 atom stereocenters. The monoisotopic (exact) mass is 355 g/mol. The minimum Gasteiger partial charge on any atom is -0.495 e. The van der Waals surface area contributed by atoms with Crippen LogP contribution in [-0.2, 0) is 0 Å². The van der Waals surface area contributed by atoms with Crippen LogP contribution in [-0.4, -0.2) is 60.6 Å². The number of aromatic nitrogens is 2. The molecule has 138 valence electrons. The summed E-state index contributed by atoms with van der Waals surface area (Å²) in [4.78, 5) is 25.2. The lowest BCUT2D eigenvalue weighted by Gasteiger charge is -2.36. The minimum absolute atomic E-state index is 0.0216. The Morgan fingerprint density at radius 2 is 1.85 bits per heavy atom. The summed E-state index contributed by atoms with van der Waals surface area (Å²) in [6.07, 6.45) is 4.19. The third kappa shape index (κ3) is 4.04. The number of rotatable bonds is 6. The summed E-state index contributed by atoms with van der Waals surface area (Å²) in [5, 5.41) is 3.11. The predicted octanol–water partition coefficient (Wildman–Crippen LogP) is 2.27. The van der Waals surface area contributed by atoms with Gasteiger partial charge in [0, 0.05) is 45.1 Å². The van der Waals surface area contributed by atoms with Gasteiger partial charge < -0.3 is 19.9 Å². The number of carbonyl (C=O) groups excluding carboxylic acids is 1. The molecule has 0 unspecified atom stereocenters. The lowest BCUT2D eigenvalue weighted by molar-refractivity contribution is 0.0746. The van der Waals surface area contributed by atoms with Gasteiger partial charge in [-0.1, -0.05) is 19.1 Å². The SMILES string of the molecule is CCCNc1ncc(C(=O)N2CCN(c3ccccc3OC)CC2)cn1. The Hall–Kier alpha value is -2.83. The molecule has 1 aromatic carbocycles. The second-order valence-corrected chi connectivity index (χ2v) is 6.17. The number of hydrogen-bond acceptors (Lipinski definition) is 6. The lowest BCUT2D eigenvalue weighted by atomic mass is 10.2. The molecule has 1 N–H and O–H groups in total. The maximum absolute atomic E-state index is 12.7. The molecule has 0 spiro atoms. The number of nitrogens with zero attached hydrogens (tertiary/aromatic N) is 4. The Morgan fingerprint density at radius 1 is 1.15 bits per heavy atom. The Morgan fingerprint density at radius 3 is 2.50 bits per heavy atom. The number of nitrogens with one attached hydrogen (secondary N) is 1. The second kappa shape index (κ2) is 8.51. The summed E-state index contributed by atoms with van der Waals surface area (Å²) in [5.74, 6) is 1.40. The molecular weight excluding hydrogens is 330 g/mol. The fraction of sp³-hybridized carbons (Fsp3) is 0.421. The van der Waals surface area contributed by atoms with Crippen molar-refractivity contribution in [2.24, 2.45) is 0 Å². The van der Waals surface area contributed by atoms with Crippen LogP contribution >= 0.6 is 0 Å². The fourth-order valence-electron chi connectivity index (χ4n) is 2.99. The summed E-state index contributed by atoms with van der Waals surface area (Å²) < 4.78 is 5.44. The van der Waals surface area contributed by atoms with Gasteiger partial charge in [-0.2, -0.15) is 0 Å². The van der Waals surface area contributed by atoms with Crippen LogP contribution in [0.1, 0.15) is 23.7 Å². The van der Waals surface area contributed by atoms with Crippen LogP contribution in [0.25, 0.3) is 0 Å². The summed E-state index contributed by atoms with van der Waals surface area (Å²) in [5.41, 5.74) is 1.59. The van der Waals surface area contributed by atoms with Gasteiger partial charge in [-0.05, 0) is 18.6 Å². The number of ether oxygens (including phenoxy) is 1. The van der Waals surface area contributed by atoms with Gasteiger partial charge in [-0.25, -0.2) is 9.97 Å². The van der Waals surface area contributed by atoms with E-state index in [2.05, 4.69) is 27.1 Å². The molecule has 0 aliphatic carbocycles. The summed E-state index contributed by atoms with van der Waals surface area (Å²) in [7, 11) is 1.68. The molecule has 7 heteroatoms. The van der Waals surface area contributed by atoms with Gasteiger partial charge in [0.15, 0.2) is 0 Å². The molecule has 2 heterocycles. The van der Waals surface area contributed by atoms with E-state index in [1.54, 1.807) is 19.5 Å². The second-order valence-electron chi connectivity index (χ2n) is 6.17. The Labute approximate surface area is 154 Å². The van der Waals surface area contributed by atoms with Crippen molar-refractivity contribution in [2.75, 3.05) is 50.1 Å². The lowest BCUT2D eigenvalue weighted by Crippen LogP contribution is -2.48. The first-order chi connectivity index (χ1) is 12.7. The third-order valence-electron chi connectivity index (χ3n) is 4.42. The van der Waals surface area contributed by atoms with Crippen molar-refractivity contribution in [1.29, 1.82) is 0 Å². The van der Waals surface area contributed by atoms with E-state index in [0.717, 1.165) is 37.5 Å². The summed E-state index contributed by atoms with van der Waals surface area (Å²) in [6.45, 7) is 5.75. The van der Waals surface area contributed by atoms with Crippen LogP contribution in [0, 0.1) is 0 Å². The fourth-order valence-corrected chi connectivity index (χ4v) is 2.99. The average Bonchev–Trinajstić information content (AvgIpc) is 2.72. The van der Waals surface area contributed by atoms with Gasteiger partial charge in [0.1, 0.15) is 5.75 Å². The maximum Gasteiger partial charge on any atom is 0.257 e. The third-order valence-corrected chi connectivity index (χ3v) is 4.42. The number of amides is 1. The molecule has 26 heavy (non-hydrogen) atoms. The quantitative estimate of drug-likeness (QED) is 0.857. The Kier molecular flexibility index (Phi) is 5.88. The molecule has 0 bridgehead atoms. The Bertz CT molecular complexity index is 727. The molecule has 0 radical (unpaired) electrons. The van der Waals surface area contributed by atoms with Crippen LogP contribution in [0.5, 0.6) is 5.75 Å². The Balaban J connectivity index is 1.60. The zero-order chi connectivity index (χ0) is 18.4. The summed E-state index contributed by atoms with van der Waals surface area (Å²) in [6, 6.07) is 7.96. The highest BCUT2D eigenvalue weighted by atomic mass is 16.5. The number of piperazine rings is 1. The molecule has 7 nitrogen and oxygen atoms in total. The molecule has 1 aliphatic heterocycles. The largest absolute Gasteiger partial charge is 0.495 e. The van der Waals surface area contributed by atoms with Crippen LogP contribution < -0.4 is 15.0 Å².